The third kappa shape index (κ3) is 8.81. The van der Waals surface area contributed by atoms with E-state index in [1.54, 1.807) is 6.92 Å². The normalized spacial score (nSPS) is 12.7. The van der Waals surface area contributed by atoms with Crippen LogP contribution in [0.2, 0.25) is 39.3 Å². The van der Waals surface area contributed by atoms with Gasteiger partial charge in [0.25, 0.3) is 0 Å². The Morgan fingerprint density at radius 3 is 2.11 bits per heavy atom. The number of carbonyl (C=O) groups excluding carboxylic acids is 1. The molecule has 0 aliphatic carbocycles. The molecule has 0 saturated heterocycles. The summed E-state index contributed by atoms with van der Waals surface area (Å²) in [6, 6.07) is 0. The second-order valence-electron chi connectivity index (χ2n) is 5.77. The van der Waals surface area contributed by atoms with Gasteiger partial charge in [0, 0.05) is 5.57 Å². The van der Waals surface area contributed by atoms with Crippen molar-refractivity contribution in [1.29, 1.82) is 0 Å². The fourth-order valence-electron chi connectivity index (χ4n) is 1.50. The number of rotatable bonds is 7. The number of hydrogen-bond acceptors (Lipinski definition) is 4. The van der Waals surface area contributed by atoms with E-state index in [1.807, 2.05) is 19.6 Å². The van der Waals surface area contributed by atoms with Gasteiger partial charge in [0.2, 0.25) is 9.04 Å². The molecule has 0 unspecified atom stereocenters. The van der Waals surface area contributed by atoms with Crippen molar-refractivity contribution in [2.75, 3.05) is 6.23 Å². The Bertz CT molecular complexity index is 310. The average molecular weight is 306 g/mol. The molecule has 0 amide bonds. The predicted octanol–water partition coefficient (Wildman–Crippen LogP) is 2.84. The standard InChI is InChI=1S/C11H25O4Si3/c1-10(2)11(12)13-9-16(3)14-18(7,8)15-17(4,5)6/h1,9H2,2-8H3. The van der Waals surface area contributed by atoms with Gasteiger partial charge >= 0.3 is 14.5 Å². The molecule has 0 saturated carbocycles. The van der Waals surface area contributed by atoms with Gasteiger partial charge in [-0.15, -0.1) is 0 Å². The summed E-state index contributed by atoms with van der Waals surface area (Å²) in [6.45, 7) is 17.7. The van der Waals surface area contributed by atoms with Crippen LogP contribution in [-0.2, 0) is 17.8 Å². The quantitative estimate of drug-likeness (QED) is 0.412. The molecule has 0 aliphatic rings. The molecule has 4 nitrogen and oxygen atoms in total. The van der Waals surface area contributed by atoms with Gasteiger partial charge in [-0.25, -0.2) is 4.79 Å². The van der Waals surface area contributed by atoms with Crippen molar-refractivity contribution >= 4 is 31.9 Å². The zero-order valence-electron chi connectivity index (χ0n) is 12.5. The third-order valence-corrected chi connectivity index (χ3v) is 10.1. The summed E-state index contributed by atoms with van der Waals surface area (Å²) in [6.07, 6.45) is 0.335. The maximum Gasteiger partial charge on any atom is 0.332 e. The van der Waals surface area contributed by atoms with Crippen molar-refractivity contribution < 1.29 is 17.8 Å². The number of hydrogen-bond donors (Lipinski definition) is 0. The first kappa shape index (κ1) is 17.8. The molecular weight excluding hydrogens is 280 g/mol. The zero-order chi connectivity index (χ0) is 14.6. The highest BCUT2D eigenvalue weighted by Crippen LogP contribution is 2.16. The Labute approximate surface area is 114 Å². The van der Waals surface area contributed by atoms with Gasteiger partial charge in [0.05, 0.1) is 0 Å². The second-order valence-corrected chi connectivity index (χ2v) is 16.1. The maximum atomic E-state index is 11.3. The lowest BCUT2D eigenvalue weighted by Gasteiger charge is -2.32. The summed E-state index contributed by atoms with van der Waals surface area (Å²) in [5.74, 6) is -0.353. The van der Waals surface area contributed by atoms with Gasteiger partial charge in [0.1, 0.15) is 6.23 Å². The first-order chi connectivity index (χ1) is 7.93. The van der Waals surface area contributed by atoms with Crippen molar-refractivity contribution in [3.63, 3.8) is 0 Å². The van der Waals surface area contributed by atoms with Crippen LogP contribution in [-0.4, -0.2) is 38.1 Å². The average Bonchev–Trinajstić information content (AvgIpc) is 2.08. The van der Waals surface area contributed by atoms with E-state index in [2.05, 4.69) is 26.2 Å². The fourth-order valence-corrected chi connectivity index (χ4v) is 11.9. The number of esters is 1. The van der Waals surface area contributed by atoms with Crippen LogP contribution < -0.4 is 0 Å². The molecule has 1 radical (unpaired) electrons. The molecule has 0 aromatic rings. The monoisotopic (exact) mass is 305 g/mol. The first-order valence-electron chi connectivity index (χ1n) is 5.97. The highest BCUT2D eigenvalue weighted by Gasteiger charge is 2.33. The van der Waals surface area contributed by atoms with E-state index in [9.17, 15) is 4.79 Å². The third-order valence-electron chi connectivity index (χ3n) is 1.73. The molecule has 0 bridgehead atoms. The molecule has 0 rings (SSSR count). The Morgan fingerprint density at radius 1 is 1.22 bits per heavy atom. The molecule has 18 heavy (non-hydrogen) atoms. The van der Waals surface area contributed by atoms with Gasteiger partial charge in [0.15, 0.2) is 8.32 Å². The Morgan fingerprint density at radius 2 is 1.72 bits per heavy atom. The molecule has 105 valence electrons. The molecule has 0 atom stereocenters. The lowest BCUT2D eigenvalue weighted by atomic mass is 10.4. The van der Waals surface area contributed by atoms with Gasteiger partial charge in [-0.05, 0) is 46.2 Å². The van der Waals surface area contributed by atoms with Crippen molar-refractivity contribution in [3.05, 3.63) is 12.2 Å². The van der Waals surface area contributed by atoms with Crippen LogP contribution in [0, 0.1) is 0 Å². The van der Waals surface area contributed by atoms with Crippen LogP contribution in [0.4, 0.5) is 0 Å². The number of carbonyl (C=O) groups is 1. The smallest absolute Gasteiger partial charge is 0.332 e. The molecule has 0 aromatic heterocycles. The summed E-state index contributed by atoms with van der Waals surface area (Å²) in [7, 11) is -4.87. The Kier molecular flexibility index (Phi) is 6.72. The molecule has 0 spiro atoms. The van der Waals surface area contributed by atoms with Crippen molar-refractivity contribution in [2.24, 2.45) is 0 Å². The fraction of sp³-hybridized carbons (Fsp3) is 0.727. The van der Waals surface area contributed by atoms with Gasteiger partial charge in [-0.3, -0.25) is 0 Å². The minimum absolute atomic E-state index is 0.335. The lowest BCUT2D eigenvalue weighted by molar-refractivity contribution is -0.137. The highest BCUT2D eigenvalue weighted by atomic mass is 28.5. The van der Waals surface area contributed by atoms with E-state index in [4.69, 9.17) is 13.0 Å². The summed E-state index contributed by atoms with van der Waals surface area (Å²) in [5.41, 5.74) is 0.416. The molecule has 0 aromatic carbocycles. The topological polar surface area (TPSA) is 44.8 Å². The molecule has 0 aliphatic heterocycles. The Hall–Kier alpha value is -0.219. The largest absolute Gasteiger partial charge is 0.463 e. The summed E-state index contributed by atoms with van der Waals surface area (Å²) in [5, 5.41) is 0. The van der Waals surface area contributed by atoms with Crippen molar-refractivity contribution in [2.45, 2.75) is 46.2 Å². The second kappa shape index (κ2) is 6.81. The van der Waals surface area contributed by atoms with Crippen LogP contribution >= 0.6 is 0 Å². The highest BCUT2D eigenvalue weighted by molar-refractivity contribution is 6.84. The zero-order valence-corrected chi connectivity index (χ0v) is 15.5. The van der Waals surface area contributed by atoms with Gasteiger partial charge < -0.3 is 13.0 Å². The predicted molar refractivity (Wildman–Crippen MR) is 80.4 cm³/mol. The minimum Gasteiger partial charge on any atom is -0.463 e. The molecule has 0 heterocycles. The summed E-state index contributed by atoms with van der Waals surface area (Å²) < 4.78 is 17.2. The van der Waals surface area contributed by atoms with Gasteiger partial charge in [-0.1, -0.05) is 6.58 Å². The Balaban J connectivity index is 4.18. The molecule has 7 heteroatoms. The first-order valence-corrected chi connectivity index (χ1v) is 14.3. The lowest BCUT2D eigenvalue weighted by Crippen LogP contribution is -2.48. The SMILES string of the molecule is C=C(C)C(=O)OC[Si](C)O[Si](C)(C)O[Si](C)(C)C. The van der Waals surface area contributed by atoms with E-state index in [-0.39, 0.29) is 5.97 Å². The summed E-state index contributed by atoms with van der Waals surface area (Å²) in [4.78, 5) is 11.3. The van der Waals surface area contributed by atoms with E-state index in [0.717, 1.165) is 0 Å². The number of ether oxygens (including phenoxy) is 1. The van der Waals surface area contributed by atoms with E-state index >= 15 is 0 Å². The van der Waals surface area contributed by atoms with Crippen LogP contribution in [0.3, 0.4) is 0 Å². The minimum atomic E-state index is -2.11. The van der Waals surface area contributed by atoms with Crippen LogP contribution in [0.5, 0.6) is 0 Å². The van der Waals surface area contributed by atoms with Gasteiger partial charge in [-0.2, -0.15) is 0 Å². The van der Waals surface area contributed by atoms with Crippen LogP contribution in [0.1, 0.15) is 6.92 Å². The van der Waals surface area contributed by atoms with Crippen molar-refractivity contribution in [3.8, 4) is 0 Å². The van der Waals surface area contributed by atoms with E-state index in [0.29, 0.717) is 11.8 Å². The van der Waals surface area contributed by atoms with E-state index in [1.165, 1.54) is 0 Å². The summed E-state index contributed by atoms with van der Waals surface area (Å²) >= 11 is 0. The molecular formula is C11H25O4Si3. The van der Waals surface area contributed by atoms with E-state index < -0.39 is 25.9 Å². The maximum absolute atomic E-state index is 11.3. The van der Waals surface area contributed by atoms with Crippen LogP contribution in [0.15, 0.2) is 12.2 Å². The molecule has 0 fully saturated rings. The molecule has 0 N–H and O–H groups in total. The van der Waals surface area contributed by atoms with Crippen molar-refractivity contribution in [1.82, 2.24) is 0 Å². The van der Waals surface area contributed by atoms with Crippen LogP contribution in [0.25, 0.3) is 0 Å².